The summed E-state index contributed by atoms with van der Waals surface area (Å²) in [7, 11) is 1.36. The molecule has 0 aliphatic heterocycles. The predicted molar refractivity (Wildman–Crippen MR) is 45.3 cm³/mol. The van der Waals surface area contributed by atoms with Crippen LogP contribution in [0.1, 0.15) is 0 Å². The van der Waals surface area contributed by atoms with E-state index in [2.05, 4.69) is 0 Å². The van der Waals surface area contributed by atoms with Crippen molar-refractivity contribution in [3.05, 3.63) is 28.4 Å². The molecule has 4 nitrogen and oxygen atoms in total. The van der Waals surface area contributed by atoms with E-state index in [9.17, 15) is 9.90 Å². The van der Waals surface area contributed by atoms with Gasteiger partial charge in [0.25, 0.3) is 0 Å². The van der Waals surface area contributed by atoms with Gasteiger partial charge in [0.2, 0.25) is 11.2 Å². The maximum atomic E-state index is 11.0. The first-order valence-electron chi connectivity index (χ1n) is 3.32. The number of rotatable bonds is 1. The molecule has 64 valence electrons. The Morgan fingerprint density at radius 1 is 1.50 bits per heavy atom. The van der Waals surface area contributed by atoms with Gasteiger partial charge in [0.15, 0.2) is 5.75 Å². The molecule has 12 heavy (non-hydrogen) atoms. The minimum Gasteiger partial charge on any atom is -0.502 e. The largest absolute Gasteiger partial charge is 0.502 e. The van der Waals surface area contributed by atoms with Gasteiger partial charge in [0, 0.05) is 11.8 Å². The monoisotopic (exact) mass is 167 g/mol. The van der Waals surface area contributed by atoms with Crippen LogP contribution in [0.15, 0.2) is 23.0 Å². The summed E-state index contributed by atoms with van der Waals surface area (Å²) in [4.78, 5) is 11.0. The Bertz CT molecular complexity index is 349. The summed E-state index contributed by atoms with van der Waals surface area (Å²) in [6.45, 7) is 0. The van der Waals surface area contributed by atoms with Crippen molar-refractivity contribution in [1.29, 1.82) is 0 Å². The SMILES string of the molecule is COc1cc(N)ccc(=O)c1O. The summed E-state index contributed by atoms with van der Waals surface area (Å²) >= 11 is 0. The van der Waals surface area contributed by atoms with Gasteiger partial charge in [-0.1, -0.05) is 0 Å². The van der Waals surface area contributed by atoms with Crippen LogP contribution in [0.2, 0.25) is 0 Å². The Balaban J connectivity index is 3.50. The summed E-state index contributed by atoms with van der Waals surface area (Å²) in [6, 6.07) is 3.98. The molecular weight excluding hydrogens is 158 g/mol. The first kappa shape index (κ1) is 8.39. The van der Waals surface area contributed by atoms with Gasteiger partial charge < -0.3 is 15.6 Å². The molecule has 1 aromatic rings. The van der Waals surface area contributed by atoms with Gasteiger partial charge in [-0.25, -0.2) is 0 Å². The molecule has 0 aliphatic rings. The third-order valence-electron chi connectivity index (χ3n) is 1.41. The Morgan fingerprint density at radius 3 is 2.75 bits per heavy atom. The minimum absolute atomic E-state index is 0.0856. The third-order valence-corrected chi connectivity index (χ3v) is 1.41. The molecule has 0 heterocycles. The molecule has 0 aliphatic carbocycles. The van der Waals surface area contributed by atoms with Gasteiger partial charge in [-0.05, 0) is 12.1 Å². The van der Waals surface area contributed by atoms with Crippen LogP contribution in [0.5, 0.6) is 11.5 Å². The van der Waals surface area contributed by atoms with Crippen LogP contribution in [0, 0.1) is 0 Å². The Kier molecular flexibility index (Phi) is 2.19. The average Bonchev–Trinajstić information content (AvgIpc) is 2.18. The van der Waals surface area contributed by atoms with Crippen molar-refractivity contribution >= 4 is 5.69 Å². The molecule has 0 atom stereocenters. The number of nitrogen functional groups attached to an aromatic ring is 1. The Labute approximate surface area is 69.2 Å². The van der Waals surface area contributed by atoms with E-state index in [4.69, 9.17) is 10.5 Å². The zero-order chi connectivity index (χ0) is 9.14. The van der Waals surface area contributed by atoms with Gasteiger partial charge in [-0.3, -0.25) is 4.79 Å². The smallest absolute Gasteiger partial charge is 0.224 e. The van der Waals surface area contributed by atoms with Crippen LogP contribution in [0.4, 0.5) is 5.69 Å². The quantitative estimate of drug-likeness (QED) is 0.632. The zero-order valence-corrected chi connectivity index (χ0v) is 6.57. The highest BCUT2D eigenvalue weighted by molar-refractivity contribution is 5.48. The molecule has 0 radical (unpaired) electrons. The lowest BCUT2D eigenvalue weighted by molar-refractivity contribution is 0.372. The number of hydrogen-bond donors (Lipinski definition) is 2. The second-order valence-corrected chi connectivity index (χ2v) is 2.26. The van der Waals surface area contributed by atoms with Gasteiger partial charge >= 0.3 is 0 Å². The van der Waals surface area contributed by atoms with Crippen LogP contribution in [0.3, 0.4) is 0 Å². The summed E-state index contributed by atoms with van der Waals surface area (Å²) in [5.74, 6) is -0.336. The summed E-state index contributed by atoms with van der Waals surface area (Å²) < 4.78 is 4.74. The molecule has 0 spiro atoms. The Morgan fingerprint density at radius 2 is 2.17 bits per heavy atom. The van der Waals surface area contributed by atoms with E-state index >= 15 is 0 Å². The molecular formula is C8H9NO3. The highest BCUT2D eigenvalue weighted by atomic mass is 16.5. The van der Waals surface area contributed by atoms with E-state index in [1.807, 2.05) is 0 Å². The third kappa shape index (κ3) is 1.47. The second kappa shape index (κ2) is 3.13. The van der Waals surface area contributed by atoms with E-state index in [-0.39, 0.29) is 5.75 Å². The van der Waals surface area contributed by atoms with Crippen molar-refractivity contribution in [2.24, 2.45) is 0 Å². The first-order chi connectivity index (χ1) is 5.65. The average molecular weight is 167 g/mol. The van der Waals surface area contributed by atoms with E-state index in [1.54, 1.807) is 0 Å². The van der Waals surface area contributed by atoms with Crippen LogP contribution in [0.25, 0.3) is 0 Å². The highest BCUT2D eigenvalue weighted by Crippen LogP contribution is 2.21. The molecule has 0 saturated carbocycles. The van der Waals surface area contributed by atoms with Crippen LogP contribution in [-0.4, -0.2) is 12.2 Å². The van der Waals surface area contributed by atoms with Gasteiger partial charge in [0.1, 0.15) is 0 Å². The molecule has 4 heteroatoms. The Hall–Kier alpha value is -1.71. The molecule has 0 fully saturated rings. The minimum atomic E-state index is -0.511. The molecule has 0 saturated heterocycles. The molecule has 0 unspecified atom stereocenters. The van der Waals surface area contributed by atoms with Crippen molar-refractivity contribution in [2.75, 3.05) is 12.8 Å². The molecule has 1 rings (SSSR count). The number of hydrogen-bond acceptors (Lipinski definition) is 4. The van der Waals surface area contributed by atoms with E-state index in [1.165, 1.54) is 25.3 Å². The van der Waals surface area contributed by atoms with Gasteiger partial charge in [-0.2, -0.15) is 0 Å². The zero-order valence-electron chi connectivity index (χ0n) is 6.57. The van der Waals surface area contributed by atoms with Crippen molar-refractivity contribution in [3.8, 4) is 11.5 Å². The normalized spacial score (nSPS) is 9.42. The molecule has 1 aromatic carbocycles. The second-order valence-electron chi connectivity index (χ2n) is 2.26. The van der Waals surface area contributed by atoms with Gasteiger partial charge in [-0.15, -0.1) is 0 Å². The van der Waals surface area contributed by atoms with E-state index < -0.39 is 11.2 Å². The van der Waals surface area contributed by atoms with Crippen molar-refractivity contribution < 1.29 is 9.84 Å². The fourth-order valence-electron chi connectivity index (χ4n) is 0.796. The summed E-state index contributed by atoms with van der Waals surface area (Å²) in [5.41, 5.74) is 5.28. The topological polar surface area (TPSA) is 72.5 Å². The van der Waals surface area contributed by atoms with E-state index in [0.29, 0.717) is 5.69 Å². The molecule has 0 aromatic heterocycles. The number of methoxy groups -OCH3 is 1. The number of anilines is 1. The lowest BCUT2D eigenvalue weighted by Gasteiger charge is -1.96. The first-order valence-corrected chi connectivity index (χ1v) is 3.32. The highest BCUT2D eigenvalue weighted by Gasteiger charge is 2.02. The maximum Gasteiger partial charge on any atom is 0.224 e. The van der Waals surface area contributed by atoms with Crippen molar-refractivity contribution in [1.82, 2.24) is 0 Å². The number of nitrogens with two attached hydrogens (primary N) is 1. The summed E-state index contributed by atoms with van der Waals surface area (Å²) in [5, 5.41) is 9.19. The van der Waals surface area contributed by atoms with Gasteiger partial charge in [0.05, 0.1) is 7.11 Å². The maximum absolute atomic E-state index is 11.0. The standard InChI is InChI=1S/C8H9NO3/c1-12-7-4-5(9)2-3-6(10)8(7)11/h2-4H,9H2,1H3,(H,10,11). The van der Waals surface area contributed by atoms with E-state index in [0.717, 1.165) is 0 Å². The van der Waals surface area contributed by atoms with Crippen LogP contribution >= 0.6 is 0 Å². The van der Waals surface area contributed by atoms with Crippen LogP contribution < -0.4 is 15.9 Å². The summed E-state index contributed by atoms with van der Waals surface area (Å²) in [6.07, 6.45) is 0. The predicted octanol–water partition coefficient (Wildman–Crippen LogP) is 0.343. The van der Waals surface area contributed by atoms with Crippen molar-refractivity contribution in [2.45, 2.75) is 0 Å². The number of aromatic hydroxyl groups is 1. The molecule has 0 amide bonds. The van der Waals surface area contributed by atoms with Crippen molar-refractivity contribution in [3.63, 3.8) is 0 Å². The van der Waals surface area contributed by atoms with Crippen LogP contribution in [-0.2, 0) is 0 Å². The molecule has 3 N–H and O–H groups in total. The lowest BCUT2D eigenvalue weighted by Crippen LogP contribution is -1.94. The fraction of sp³-hybridized carbons (Fsp3) is 0.125. The molecule has 0 bridgehead atoms. The fourth-order valence-corrected chi connectivity index (χ4v) is 0.796. The number of ether oxygens (including phenoxy) is 1. The lowest BCUT2D eigenvalue weighted by atomic mass is 10.4.